The van der Waals surface area contributed by atoms with Crippen LogP contribution in [0.1, 0.15) is 34.3 Å². The van der Waals surface area contributed by atoms with Crippen molar-refractivity contribution >= 4 is 17.5 Å². The number of hydrogen-bond acceptors (Lipinski definition) is 5. The molecule has 0 radical (unpaired) electrons. The molecule has 0 unspecified atom stereocenters. The van der Waals surface area contributed by atoms with E-state index in [-0.39, 0.29) is 5.78 Å². The standard InChI is InChI=1S/C29H23N3O2/c1-2-34-23-15-12-21(13-16-23)26-27(28(33)22-9-4-3-5-10-22)32-24-11-7-6-8-20(24)14-17-25(32)29(26,18-30)19-31/h3-17,25-27H,2H2,1H3/t25-,26+,27+/m0/s1. The first-order chi connectivity index (χ1) is 16.6. The number of hydrogen-bond donors (Lipinski definition) is 0. The van der Waals surface area contributed by atoms with Gasteiger partial charge in [0, 0.05) is 17.2 Å². The highest BCUT2D eigenvalue weighted by molar-refractivity contribution is 6.04. The lowest BCUT2D eigenvalue weighted by Gasteiger charge is -2.35. The van der Waals surface area contributed by atoms with E-state index in [1.807, 2.05) is 90.7 Å². The first-order valence-electron chi connectivity index (χ1n) is 11.3. The Kier molecular flexibility index (Phi) is 5.40. The molecule has 3 atom stereocenters. The number of anilines is 1. The van der Waals surface area contributed by atoms with Crippen LogP contribution in [0.4, 0.5) is 5.69 Å². The average molecular weight is 446 g/mol. The average Bonchev–Trinajstić information content (AvgIpc) is 3.20. The lowest BCUT2D eigenvalue weighted by molar-refractivity contribution is 0.0951. The predicted molar refractivity (Wildman–Crippen MR) is 130 cm³/mol. The highest BCUT2D eigenvalue weighted by Gasteiger charge is 2.63. The summed E-state index contributed by atoms with van der Waals surface area (Å²) in [5.74, 6) is -0.0636. The highest BCUT2D eigenvalue weighted by Crippen LogP contribution is 2.55. The molecule has 34 heavy (non-hydrogen) atoms. The van der Waals surface area contributed by atoms with Crippen LogP contribution < -0.4 is 9.64 Å². The van der Waals surface area contributed by atoms with Crippen molar-refractivity contribution in [2.45, 2.75) is 24.9 Å². The zero-order valence-electron chi connectivity index (χ0n) is 18.8. The molecule has 5 rings (SSSR count). The number of Topliss-reactive ketones (excluding diaryl/α,β-unsaturated/α-hetero) is 1. The van der Waals surface area contributed by atoms with Crippen LogP contribution in [0.3, 0.4) is 0 Å². The van der Waals surface area contributed by atoms with Crippen LogP contribution >= 0.6 is 0 Å². The Morgan fingerprint density at radius 2 is 1.65 bits per heavy atom. The Balaban J connectivity index is 1.74. The summed E-state index contributed by atoms with van der Waals surface area (Å²) in [6.07, 6.45) is 3.85. The zero-order valence-corrected chi connectivity index (χ0v) is 18.8. The molecule has 0 aromatic heterocycles. The highest BCUT2D eigenvalue weighted by atomic mass is 16.5. The van der Waals surface area contributed by atoms with Gasteiger partial charge in [0.1, 0.15) is 11.8 Å². The number of ether oxygens (including phenoxy) is 1. The third-order valence-electron chi connectivity index (χ3n) is 6.79. The van der Waals surface area contributed by atoms with Crippen LogP contribution in [-0.4, -0.2) is 24.5 Å². The molecule has 1 fully saturated rings. The number of carbonyl (C=O) groups excluding carboxylic acids is 1. The van der Waals surface area contributed by atoms with E-state index in [4.69, 9.17) is 4.74 Å². The summed E-state index contributed by atoms with van der Waals surface area (Å²) in [5, 5.41) is 21.0. The van der Waals surface area contributed by atoms with Gasteiger partial charge in [0.2, 0.25) is 0 Å². The first kappa shape index (κ1) is 21.5. The summed E-state index contributed by atoms with van der Waals surface area (Å²) in [6.45, 7) is 2.45. The van der Waals surface area contributed by atoms with Crippen molar-refractivity contribution in [3.8, 4) is 17.9 Å². The Hall–Kier alpha value is -4.35. The molecule has 2 aliphatic heterocycles. The normalized spacial score (nSPS) is 21.6. The molecular formula is C29H23N3O2. The predicted octanol–water partition coefficient (Wildman–Crippen LogP) is 5.37. The maximum atomic E-state index is 14.1. The van der Waals surface area contributed by atoms with Crippen molar-refractivity contribution in [3.05, 3.63) is 102 Å². The van der Waals surface area contributed by atoms with Crippen LogP contribution in [0, 0.1) is 28.1 Å². The van der Waals surface area contributed by atoms with Gasteiger partial charge in [0.05, 0.1) is 24.8 Å². The van der Waals surface area contributed by atoms with Crippen molar-refractivity contribution in [1.82, 2.24) is 0 Å². The van der Waals surface area contributed by atoms with Gasteiger partial charge in [0.15, 0.2) is 11.2 Å². The molecular weight excluding hydrogens is 422 g/mol. The largest absolute Gasteiger partial charge is 0.494 e. The van der Waals surface area contributed by atoms with Gasteiger partial charge in [-0.1, -0.05) is 72.8 Å². The van der Waals surface area contributed by atoms with Crippen molar-refractivity contribution in [3.63, 3.8) is 0 Å². The number of nitrogens with zero attached hydrogens (tertiary/aromatic N) is 3. The van der Waals surface area contributed by atoms with E-state index in [1.165, 1.54) is 0 Å². The summed E-state index contributed by atoms with van der Waals surface area (Å²) < 4.78 is 5.59. The van der Waals surface area contributed by atoms with E-state index in [0.29, 0.717) is 17.9 Å². The van der Waals surface area contributed by atoms with Gasteiger partial charge in [0.25, 0.3) is 0 Å². The summed E-state index contributed by atoms with van der Waals surface area (Å²) in [4.78, 5) is 16.1. The summed E-state index contributed by atoms with van der Waals surface area (Å²) in [7, 11) is 0. The molecule has 2 aliphatic rings. The number of para-hydroxylation sites is 1. The third-order valence-corrected chi connectivity index (χ3v) is 6.79. The molecule has 5 heteroatoms. The van der Waals surface area contributed by atoms with E-state index < -0.39 is 23.4 Å². The lowest BCUT2D eigenvalue weighted by Crippen LogP contribution is -2.44. The second kappa shape index (κ2) is 8.54. The van der Waals surface area contributed by atoms with E-state index in [1.54, 1.807) is 12.1 Å². The molecule has 166 valence electrons. The molecule has 5 nitrogen and oxygen atoms in total. The number of fused-ring (bicyclic) bond motifs is 3. The van der Waals surface area contributed by atoms with Gasteiger partial charge >= 0.3 is 0 Å². The number of benzene rings is 3. The lowest BCUT2D eigenvalue weighted by atomic mass is 9.69. The molecule has 0 aliphatic carbocycles. The number of ketones is 1. The van der Waals surface area contributed by atoms with Gasteiger partial charge in [-0.3, -0.25) is 4.79 Å². The first-order valence-corrected chi connectivity index (χ1v) is 11.3. The van der Waals surface area contributed by atoms with E-state index in [0.717, 1.165) is 16.8 Å². The fourth-order valence-electron chi connectivity index (χ4n) is 5.32. The quantitative estimate of drug-likeness (QED) is 0.494. The van der Waals surface area contributed by atoms with Gasteiger partial charge in [-0.05, 0) is 36.2 Å². The molecule has 0 bridgehead atoms. The monoisotopic (exact) mass is 445 g/mol. The molecule has 0 spiro atoms. The Morgan fingerprint density at radius 3 is 2.32 bits per heavy atom. The van der Waals surface area contributed by atoms with Crippen LogP contribution in [0.2, 0.25) is 0 Å². The Morgan fingerprint density at radius 1 is 0.971 bits per heavy atom. The maximum Gasteiger partial charge on any atom is 0.185 e. The van der Waals surface area contributed by atoms with Crippen LogP contribution in [-0.2, 0) is 0 Å². The van der Waals surface area contributed by atoms with Gasteiger partial charge in [-0.25, -0.2) is 0 Å². The maximum absolute atomic E-state index is 14.1. The Labute approximate surface area is 199 Å². The van der Waals surface area contributed by atoms with Crippen molar-refractivity contribution in [2.24, 2.45) is 5.41 Å². The van der Waals surface area contributed by atoms with Crippen LogP contribution in [0.15, 0.2) is 84.9 Å². The molecule has 0 amide bonds. The number of nitriles is 2. The fraction of sp³-hybridized carbons (Fsp3) is 0.207. The SMILES string of the molecule is CCOc1ccc([C@@H]2[C@H](C(=O)c3ccccc3)N3c4ccccc4C=C[C@H]3C2(C#N)C#N)cc1. The molecule has 1 saturated heterocycles. The Bertz CT molecular complexity index is 1320. The van der Waals surface area contributed by atoms with E-state index >= 15 is 0 Å². The summed E-state index contributed by atoms with van der Waals surface area (Å²) in [6, 6.07) is 27.7. The topological polar surface area (TPSA) is 77.1 Å². The minimum absolute atomic E-state index is 0.109. The smallest absolute Gasteiger partial charge is 0.185 e. The summed E-state index contributed by atoms with van der Waals surface area (Å²) in [5.41, 5.74) is 1.68. The van der Waals surface area contributed by atoms with Crippen molar-refractivity contribution < 1.29 is 9.53 Å². The minimum Gasteiger partial charge on any atom is -0.494 e. The molecule has 0 saturated carbocycles. The van der Waals surface area contributed by atoms with Gasteiger partial charge < -0.3 is 9.64 Å². The second-order valence-electron chi connectivity index (χ2n) is 8.52. The molecule has 3 aromatic rings. The van der Waals surface area contributed by atoms with Crippen molar-refractivity contribution in [1.29, 1.82) is 10.5 Å². The minimum atomic E-state index is -1.45. The molecule has 3 aromatic carbocycles. The van der Waals surface area contributed by atoms with E-state index in [2.05, 4.69) is 12.1 Å². The number of carbonyl (C=O) groups is 1. The van der Waals surface area contributed by atoms with E-state index in [9.17, 15) is 15.3 Å². The van der Waals surface area contributed by atoms with Gasteiger partial charge in [-0.2, -0.15) is 10.5 Å². The van der Waals surface area contributed by atoms with Crippen molar-refractivity contribution in [2.75, 3.05) is 11.5 Å². The molecule has 0 N–H and O–H groups in total. The zero-order chi connectivity index (χ0) is 23.7. The number of rotatable bonds is 5. The van der Waals surface area contributed by atoms with Gasteiger partial charge in [-0.15, -0.1) is 0 Å². The second-order valence-corrected chi connectivity index (χ2v) is 8.52. The third kappa shape index (κ3) is 3.17. The van der Waals surface area contributed by atoms with Crippen LogP contribution in [0.5, 0.6) is 5.75 Å². The van der Waals surface area contributed by atoms with Crippen LogP contribution in [0.25, 0.3) is 6.08 Å². The molecule has 2 heterocycles. The fourth-order valence-corrected chi connectivity index (χ4v) is 5.32. The summed E-state index contributed by atoms with van der Waals surface area (Å²) >= 11 is 0.